The van der Waals surface area contributed by atoms with Gasteiger partial charge in [-0.1, -0.05) is 6.92 Å². The Labute approximate surface area is 73.8 Å². The second kappa shape index (κ2) is 3.09. The number of nitrogens with two attached hydrogens (primary N) is 1. The number of hydrogen-bond acceptors (Lipinski definition) is 2. The monoisotopic (exact) mass is 167 g/mol. The van der Waals surface area contributed by atoms with Crippen molar-refractivity contribution in [2.24, 2.45) is 17.6 Å². The summed E-state index contributed by atoms with van der Waals surface area (Å²) in [5.74, 6) is 1.57. The van der Waals surface area contributed by atoms with E-state index in [4.69, 9.17) is 10.5 Å². The molecule has 0 aromatic heterocycles. The molecule has 1 aliphatic carbocycles. The van der Waals surface area contributed by atoms with Crippen molar-refractivity contribution in [1.29, 1.82) is 0 Å². The Morgan fingerprint density at radius 1 is 1.67 bits per heavy atom. The van der Waals surface area contributed by atoms with Crippen molar-refractivity contribution in [3.63, 3.8) is 0 Å². The van der Waals surface area contributed by atoms with Crippen LogP contribution in [0.4, 0.5) is 0 Å². The summed E-state index contributed by atoms with van der Waals surface area (Å²) in [5.41, 5.74) is 7.43. The molecule has 68 valence electrons. The lowest BCUT2D eigenvalue weighted by molar-refractivity contribution is 0.220. The Hall–Kier alpha value is -0.500. The third-order valence-electron chi connectivity index (χ3n) is 3.02. The summed E-state index contributed by atoms with van der Waals surface area (Å²) < 4.78 is 5.27. The molecule has 3 atom stereocenters. The lowest BCUT2D eigenvalue weighted by Crippen LogP contribution is -2.27. The van der Waals surface area contributed by atoms with Crippen LogP contribution in [-0.4, -0.2) is 12.6 Å². The van der Waals surface area contributed by atoms with Crippen LogP contribution in [0.15, 0.2) is 11.8 Å². The quantitative estimate of drug-likeness (QED) is 0.679. The zero-order chi connectivity index (χ0) is 8.55. The van der Waals surface area contributed by atoms with Gasteiger partial charge in [-0.25, -0.2) is 0 Å². The van der Waals surface area contributed by atoms with Crippen LogP contribution in [0, 0.1) is 11.8 Å². The molecule has 2 N–H and O–H groups in total. The SMILES string of the molecule is CC1CC1C(N)C1=COCCC1. The van der Waals surface area contributed by atoms with Crippen LogP contribution >= 0.6 is 0 Å². The Morgan fingerprint density at radius 3 is 2.92 bits per heavy atom. The van der Waals surface area contributed by atoms with Crippen molar-refractivity contribution >= 4 is 0 Å². The second-order valence-corrected chi connectivity index (χ2v) is 4.07. The largest absolute Gasteiger partial charge is 0.501 e. The molecule has 0 aromatic rings. The summed E-state index contributed by atoms with van der Waals surface area (Å²) in [7, 11) is 0. The summed E-state index contributed by atoms with van der Waals surface area (Å²) in [4.78, 5) is 0. The molecular formula is C10H17NO. The standard InChI is InChI=1S/C10H17NO/c1-7-5-9(7)10(11)8-3-2-4-12-6-8/h6-7,9-10H,2-5,11H2,1H3. The molecule has 2 aliphatic rings. The third-order valence-corrected chi connectivity index (χ3v) is 3.02. The first-order valence-electron chi connectivity index (χ1n) is 4.85. The fraction of sp³-hybridized carbons (Fsp3) is 0.800. The molecule has 0 spiro atoms. The maximum Gasteiger partial charge on any atom is 0.0876 e. The molecule has 1 saturated carbocycles. The smallest absolute Gasteiger partial charge is 0.0876 e. The Kier molecular flexibility index (Phi) is 2.09. The highest BCUT2D eigenvalue weighted by molar-refractivity contribution is 5.14. The zero-order valence-corrected chi connectivity index (χ0v) is 7.62. The number of ether oxygens (including phenoxy) is 1. The topological polar surface area (TPSA) is 35.2 Å². The van der Waals surface area contributed by atoms with Crippen molar-refractivity contribution in [1.82, 2.24) is 0 Å². The van der Waals surface area contributed by atoms with E-state index in [9.17, 15) is 0 Å². The van der Waals surface area contributed by atoms with Gasteiger partial charge in [0.15, 0.2) is 0 Å². The molecule has 1 aliphatic heterocycles. The predicted molar refractivity (Wildman–Crippen MR) is 48.5 cm³/mol. The van der Waals surface area contributed by atoms with Gasteiger partial charge in [-0.15, -0.1) is 0 Å². The molecule has 1 fully saturated rings. The lowest BCUT2D eigenvalue weighted by Gasteiger charge is -2.19. The van der Waals surface area contributed by atoms with E-state index in [1.54, 1.807) is 0 Å². The highest BCUT2D eigenvalue weighted by Crippen LogP contribution is 2.42. The maximum atomic E-state index is 6.10. The van der Waals surface area contributed by atoms with Crippen LogP contribution in [0.3, 0.4) is 0 Å². The van der Waals surface area contributed by atoms with Gasteiger partial charge in [0.25, 0.3) is 0 Å². The number of rotatable bonds is 2. The van der Waals surface area contributed by atoms with E-state index in [1.165, 1.54) is 12.0 Å². The van der Waals surface area contributed by atoms with Crippen molar-refractivity contribution in [2.75, 3.05) is 6.61 Å². The van der Waals surface area contributed by atoms with Crippen LogP contribution in [0.5, 0.6) is 0 Å². The molecule has 0 amide bonds. The van der Waals surface area contributed by atoms with E-state index in [0.29, 0.717) is 0 Å². The van der Waals surface area contributed by atoms with Crippen molar-refractivity contribution < 1.29 is 4.74 Å². The average molecular weight is 167 g/mol. The van der Waals surface area contributed by atoms with Gasteiger partial charge < -0.3 is 10.5 Å². The van der Waals surface area contributed by atoms with E-state index in [-0.39, 0.29) is 6.04 Å². The van der Waals surface area contributed by atoms with Gasteiger partial charge in [0.05, 0.1) is 12.9 Å². The van der Waals surface area contributed by atoms with Gasteiger partial charge in [-0.2, -0.15) is 0 Å². The van der Waals surface area contributed by atoms with Crippen LogP contribution in [0.2, 0.25) is 0 Å². The Bertz CT molecular complexity index is 200. The van der Waals surface area contributed by atoms with Gasteiger partial charge in [0.2, 0.25) is 0 Å². The van der Waals surface area contributed by atoms with Gasteiger partial charge in [0.1, 0.15) is 0 Å². The minimum absolute atomic E-state index is 0.278. The molecule has 0 radical (unpaired) electrons. The Balaban J connectivity index is 1.94. The fourth-order valence-electron chi connectivity index (χ4n) is 1.96. The summed E-state index contributed by atoms with van der Waals surface area (Å²) in [6, 6.07) is 0.278. The molecular weight excluding hydrogens is 150 g/mol. The predicted octanol–water partition coefficient (Wildman–Crippen LogP) is 1.66. The molecule has 3 unspecified atom stereocenters. The molecule has 0 bridgehead atoms. The third kappa shape index (κ3) is 1.48. The van der Waals surface area contributed by atoms with Crippen LogP contribution in [0.1, 0.15) is 26.2 Å². The summed E-state index contributed by atoms with van der Waals surface area (Å²) in [5, 5.41) is 0. The average Bonchev–Trinajstić information content (AvgIpc) is 2.83. The van der Waals surface area contributed by atoms with E-state index >= 15 is 0 Å². The van der Waals surface area contributed by atoms with Crippen LogP contribution < -0.4 is 5.73 Å². The summed E-state index contributed by atoms with van der Waals surface area (Å²) >= 11 is 0. The first kappa shape index (κ1) is 8.11. The lowest BCUT2D eigenvalue weighted by atomic mass is 9.98. The van der Waals surface area contributed by atoms with Crippen LogP contribution in [0.25, 0.3) is 0 Å². The van der Waals surface area contributed by atoms with Crippen molar-refractivity contribution in [3.05, 3.63) is 11.8 Å². The summed E-state index contributed by atoms with van der Waals surface area (Å²) in [6.45, 7) is 3.14. The molecule has 0 saturated heterocycles. The van der Waals surface area contributed by atoms with Gasteiger partial charge >= 0.3 is 0 Å². The van der Waals surface area contributed by atoms with Crippen LogP contribution in [-0.2, 0) is 4.74 Å². The molecule has 1 heterocycles. The minimum Gasteiger partial charge on any atom is -0.501 e. The van der Waals surface area contributed by atoms with E-state index < -0.39 is 0 Å². The molecule has 12 heavy (non-hydrogen) atoms. The second-order valence-electron chi connectivity index (χ2n) is 4.07. The normalized spacial score (nSPS) is 36.7. The number of hydrogen-bond donors (Lipinski definition) is 1. The van der Waals surface area contributed by atoms with E-state index in [1.807, 2.05) is 6.26 Å². The fourth-order valence-corrected chi connectivity index (χ4v) is 1.96. The highest BCUT2D eigenvalue weighted by atomic mass is 16.5. The summed E-state index contributed by atoms with van der Waals surface area (Å²) in [6.07, 6.45) is 5.47. The zero-order valence-electron chi connectivity index (χ0n) is 7.62. The minimum atomic E-state index is 0.278. The van der Waals surface area contributed by atoms with Crippen molar-refractivity contribution in [2.45, 2.75) is 32.2 Å². The highest BCUT2D eigenvalue weighted by Gasteiger charge is 2.39. The first-order valence-corrected chi connectivity index (χ1v) is 4.85. The molecule has 2 nitrogen and oxygen atoms in total. The van der Waals surface area contributed by atoms with Gasteiger partial charge in [0, 0.05) is 6.04 Å². The first-order chi connectivity index (χ1) is 5.79. The Morgan fingerprint density at radius 2 is 2.42 bits per heavy atom. The maximum absolute atomic E-state index is 6.10. The van der Waals surface area contributed by atoms with Crippen molar-refractivity contribution in [3.8, 4) is 0 Å². The van der Waals surface area contributed by atoms with E-state index in [2.05, 4.69) is 6.92 Å². The van der Waals surface area contributed by atoms with Gasteiger partial charge in [-0.3, -0.25) is 0 Å². The molecule has 2 rings (SSSR count). The molecule has 2 heteroatoms. The van der Waals surface area contributed by atoms with Gasteiger partial charge in [-0.05, 0) is 36.7 Å². The molecule has 0 aromatic carbocycles. The van der Waals surface area contributed by atoms with E-state index in [0.717, 1.165) is 31.3 Å².